The molecule has 3 rings (SSSR count). The van der Waals surface area contributed by atoms with Crippen molar-refractivity contribution in [3.05, 3.63) is 101 Å². The summed E-state index contributed by atoms with van der Waals surface area (Å²) in [7, 11) is 0. The minimum Gasteiger partial charge on any atom is -0.481 e. The number of carbonyl (C=O) groups is 1. The fraction of sp³-hybridized carbons (Fsp3) is 0.136. The van der Waals surface area contributed by atoms with Crippen molar-refractivity contribution in [2.24, 2.45) is 0 Å². The van der Waals surface area contributed by atoms with Gasteiger partial charge in [-0.3, -0.25) is 4.79 Å². The van der Waals surface area contributed by atoms with Crippen LogP contribution >= 0.6 is 15.9 Å². The lowest BCUT2D eigenvalue weighted by molar-refractivity contribution is -0.127. The number of carbonyl (C=O) groups excluding carboxylic acids is 1. The van der Waals surface area contributed by atoms with Crippen molar-refractivity contribution in [1.82, 2.24) is 5.32 Å². The second-order valence-corrected chi connectivity index (χ2v) is 6.89. The number of hydrogen-bond donors (Lipinski definition) is 1. The van der Waals surface area contributed by atoms with E-state index in [9.17, 15) is 4.79 Å². The number of rotatable bonds is 6. The van der Waals surface area contributed by atoms with Gasteiger partial charge in [0.1, 0.15) is 5.75 Å². The Labute approximate surface area is 162 Å². The smallest absolute Gasteiger partial charge is 0.261 e. The number of benzene rings is 3. The molecule has 0 radical (unpaired) electrons. The van der Waals surface area contributed by atoms with Gasteiger partial charge in [-0.25, -0.2) is 0 Å². The van der Waals surface area contributed by atoms with Crippen LogP contribution in [0.2, 0.25) is 0 Å². The summed E-state index contributed by atoms with van der Waals surface area (Å²) in [4.78, 5) is 12.7. The number of nitrogens with one attached hydrogen (secondary N) is 1. The highest BCUT2D eigenvalue weighted by Crippen LogP contribution is 2.22. The van der Waals surface area contributed by atoms with E-state index in [-0.39, 0.29) is 11.9 Å². The van der Waals surface area contributed by atoms with E-state index in [0.717, 1.165) is 15.6 Å². The predicted octanol–water partition coefficient (Wildman–Crippen LogP) is 5.12. The van der Waals surface area contributed by atoms with Crippen LogP contribution in [-0.4, -0.2) is 12.0 Å². The molecule has 1 amide bonds. The molecule has 0 spiro atoms. The average Bonchev–Trinajstić information content (AvgIpc) is 2.69. The van der Waals surface area contributed by atoms with Crippen LogP contribution in [0, 0.1) is 0 Å². The molecule has 3 aromatic rings. The van der Waals surface area contributed by atoms with E-state index in [2.05, 4.69) is 21.2 Å². The Bertz CT molecular complexity index is 796. The van der Waals surface area contributed by atoms with Crippen molar-refractivity contribution >= 4 is 21.8 Å². The van der Waals surface area contributed by atoms with Crippen LogP contribution in [0.4, 0.5) is 0 Å². The quantitative estimate of drug-likeness (QED) is 0.613. The highest BCUT2D eigenvalue weighted by molar-refractivity contribution is 9.10. The summed E-state index contributed by atoms with van der Waals surface area (Å²) in [6.07, 6.45) is -0.605. The zero-order valence-corrected chi connectivity index (χ0v) is 16.0. The van der Waals surface area contributed by atoms with Crippen molar-refractivity contribution in [2.75, 3.05) is 0 Å². The van der Waals surface area contributed by atoms with Gasteiger partial charge in [0.15, 0.2) is 6.10 Å². The summed E-state index contributed by atoms with van der Waals surface area (Å²) in [5.74, 6) is 0.498. The fourth-order valence-corrected chi connectivity index (χ4v) is 2.94. The summed E-state index contributed by atoms with van der Waals surface area (Å²) < 4.78 is 6.74. The van der Waals surface area contributed by atoms with Crippen LogP contribution in [0.1, 0.15) is 24.1 Å². The predicted molar refractivity (Wildman–Crippen MR) is 107 cm³/mol. The Morgan fingerprint density at radius 2 is 1.35 bits per heavy atom. The first-order valence-electron chi connectivity index (χ1n) is 8.46. The van der Waals surface area contributed by atoms with Crippen molar-refractivity contribution in [3.8, 4) is 5.75 Å². The Morgan fingerprint density at radius 1 is 0.846 bits per heavy atom. The molecule has 1 N–H and O–H groups in total. The molecule has 26 heavy (non-hydrogen) atoms. The van der Waals surface area contributed by atoms with Gasteiger partial charge in [-0.05, 0) is 42.3 Å². The monoisotopic (exact) mass is 409 g/mol. The Morgan fingerprint density at radius 3 is 1.85 bits per heavy atom. The second-order valence-electron chi connectivity index (χ2n) is 5.98. The summed E-state index contributed by atoms with van der Waals surface area (Å²) in [5.41, 5.74) is 2.06. The zero-order chi connectivity index (χ0) is 18.4. The van der Waals surface area contributed by atoms with Crippen LogP contribution < -0.4 is 10.1 Å². The van der Waals surface area contributed by atoms with Crippen molar-refractivity contribution in [3.63, 3.8) is 0 Å². The maximum Gasteiger partial charge on any atom is 0.261 e. The van der Waals surface area contributed by atoms with E-state index in [1.165, 1.54) is 0 Å². The topological polar surface area (TPSA) is 38.3 Å². The highest BCUT2D eigenvalue weighted by Gasteiger charge is 2.21. The molecule has 0 aliphatic heterocycles. The largest absolute Gasteiger partial charge is 0.481 e. The lowest BCUT2D eigenvalue weighted by Crippen LogP contribution is -2.39. The van der Waals surface area contributed by atoms with Crippen molar-refractivity contribution in [2.45, 2.75) is 19.1 Å². The molecule has 132 valence electrons. The minimum atomic E-state index is -0.605. The summed E-state index contributed by atoms with van der Waals surface area (Å²) in [5, 5.41) is 3.11. The van der Waals surface area contributed by atoms with E-state index >= 15 is 0 Å². The van der Waals surface area contributed by atoms with E-state index in [0.29, 0.717) is 5.75 Å². The van der Waals surface area contributed by atoms with Crippen LogP contribution in [0.5, 0.6) is 5.75 Å². The van der Waals surface area contributed by atoms with E-state index in [1.54, 1.807) is 6.92 Å². The molecular weight excluding hydrogens is 390 g/mol. The van der Waals surface area contributed by atoms with E-state index in [1.807, 2.05) is 84.9 Å². The van der Waals surface area contributed by atoms with Crippen LogP contribution in [0.25, 0.3) is 0 Å². The molecule has 0 saturated heterocycles. The van der Waals surface area contributed by atoms with Crippen LogP contribution in [0.15, 0.2) is 89.4 Å². The van der Waals surface area contributed by atoms with Gasteiger partial charge in [0, 0.05) is 4.47 Å². The van der Waals surface area contributed by atoms with Crippen molar-refractivity contribution in [1.29, 1.82) is 0 Å². The molecular formula is C22H20BrNO2. The molecule has 0 bridgehead atoms. The number of hydrogen-bond acceptors (Lipinski definition) is 2. The molecule has 0 fully saturated rings. The molecule has 4 heteroatoms. The summed E-state index contributed by atoms with van der Waals surface area (Å²) in [6, 6.07) is 27.1. The molecule has 3 nitrogen and oxygen atoms in total. The standard InChI is InChI=1S/C22H20BrNO2/c1-16(26-20-14-12-19(23)13-15-20)22(25)24-21(17-8-4-2-5-9-17)18-10-6-3-7-11-18/h2-16,21H,1H3,(H,24,25)/t16-/m0/s1. The average molecular weight is 410 g/mol. The van der Waals surface area contributed by atoms with Gasteiger partial charge in [0.05, 0.1) is 6.04 Å². The molecule has 0 heterocycles. The van der Waals surface area contributed by atoms with E-state index in [4.69, 9.17) is 4.74 Å². The summed E-state index contributed by atoms with van der Waals surface area (Å²) in [6.45, 7) is 1.75. The first-order valence-corrected chi connectivity index (χ1v) is 9.25. The van der Waals surface area contributed by atoms with Gasteiger partial charge < -0.3 is 10.1 Å². The maximum absolute atomic E-state index is 12.7. The zero-order valence-electron chi connectivity index (χ0n) is 14.4. The maximum atomic E-state index is 12.7. The Hall–Kier alpha value is -2.59. The molecule has 0 aromatic heterocycles. The van der Waals surface area contributed by atoms with Gasteiger partial charge in [-0.2, -0.15) is 0 Å². The minimum absolute atomic E-state index is 0.161. The molecule has 0 saturated carbocycles. The third kappa shape index (κ3) is 4.73. The fourth-order valence-electron chi connectivity index (χ4n) is 2.68. The molecule has 0 aliphatic carbocycles. The third-order valence-corrected chi connectivity index (χ3v) is 4.58. The molecule has 0 unspecified atom stereocenters. The number of ether oxygens (including phenoxy) is 1. The van der Waals surface area contributed by atoms with Gasteiger partial charge in [-0.1, -0.05) is 76.6 Å². The highest BCUT2D eigenvalue weighted by atomic mass is 79.9. The lowest BCUT2D eigenvalue weighted by atomic mass is 9.98. The number of halogens is 1. The Kier molecular flexibility index (Phi) is 6.08. The Balaban J connectivity index is 1.75. The normalized spacial score (nSPS) is 11.8. The van der Waals surface area contributed by atoms with Crippen molar-refractivity contribution < 1.29 is 9.53 Å². The summed E-state index contributed by atoms with van der Waals surface area (Å²) >= 11 is 3.39. The van der Waals surface area contributed by atoms with E-state index < -0.39 is 6.10 Å². The SMILES string of the molecule is C[C@H](Oc1ccc(Br)cc1)C(=O)NC(c1ccccc1)c1ccccc1. The lowest BCUT2D eigenvalue weighted by Gasteiger charge is -2.22. The molecule has 1 atom stereocenters. The van der Waals surface area contributed by atoms with Gasteiger partial charge in [-0.15, -0.1) is 0 Å². The van der Waals surface area contributed by atoms with Crippen LogP contribution in [0.3, 0.4) is 0 Å². The third-order valence-electron chi connectivity index (χ3n) is 4.05. The van der Waals surface area contributed by atoms with Gasteiger partial charge in [0.25, 0.3) is 5.91 Å². The van der Waals surface area contributed by atoms with Crippen LogP contribution in [-0.2, 0) is 4.79 Å². The first-order chi connectivity index (χ1) is 12.6. The van der Waals surface area contributed by atoms with Gasteiger partial charge in [0.2, 0.25) is 0 Å². The number of amides is 1. The molecule has 3 aromatic carbocycles. The second kappa shape index (κ2) is 8.68. The first kappa shape index (κ1) is 18.2. The van der Waals surface area contributed by atoms with Gasteiger partial charge >= 0.3 is 0 Å². The molecule has 0 aliphatic rings.